The highest BCUT2D eigenvalue weighted by molar-refractivity contribution is 6.00. The van der Waals surface area contributed by atoms with E-state index in [9.17, 15) is 9.59 Å². The van der Waals surface area contributed by atoms with E-state index in [2.05, 4.69) is 12.2 Å². The minimum Gasteiger partial charge on any atom is -0.493 e. The molecule has 3 rings (SSSR count). The summed E-state index contributed by atoms with van der Waals surface area (Å²) in [5.41, 5.74) is 2.93. The van der Waals surface area contributed by atoms with Crippen LogP contribution >= 0.6 is 0 Å². The number of para-hydroxylation sites is 1. The molecule has 1 saturated heterocycles. The first kappa shape index (κ1) is 19.7. The van der Waals surface area contributed by atoms with Crippen molar-refractivity contribution in [3.8, 4) is 11.5 Å². The first-order valence-electron chi connectivity index (χ1n) is 9.44. The highest BCUT2D eigenvalue weighted by Gasteiger charge is 2.35. The van der Waals surface area contributed by atoms with Gasteiger partial charge in [-0.05, 0) is 35.7 Å². The molecule has 148 valence electrons. The van der Waals surface area contributed by atoms with Crippen LogP contribution in [0.15, 0.2) is 42.5 Å². The highest BCUT2D eigenvalue weighted by Crippen LogP contribution is 2.29. The lowest BCUT2D eigenvalue weighted by Gasteiger charge is -2.20. The van der Waals surface area contributed by atoms with Crippen molar-refractivity contribution in [3.63, 3.8) is 0 Å². The van der Waals surface area contributed by atoms with Crippen molar-refractivity contribution in [2.24, 2.45) is 5.92 Å². The van der Waals surface area contributed by atoms with Gasteiger partial charge in [-0.3, -0.25) is 9.59 Å². The van der Waals surface area contributed by atoms with Gasteiger partial charge in [-0.1, -0.05) is 31.2 Å². The SMILES string of the molecule is CCc1ccccc1N1CC(C(=O)NCc2ccc(OC)c(OC)c2)CC1=O. The van der Waals surface area contributed by atoms with Gasteiger partial charge in [0.25, 0.3) is 0 Å². The molecule has 0 bridgehead atoms. The molecule has 6 nitrogen and oxygen atoms in total. The van der Waals surface area contributed by atoms with Crippen molar-refractivity contribution in [3.05, 3.63) is 53.6 Å². The second kappa shape index (κ2) is 8.78. The molecule has 0 spiro atoms. The van der Waals surface area contributed by atoms with Gasteiger partial charge in [0.05, 0.1) is 20.1 Å². The minimum absolute atomic E-state index is 0.00725. The Morgan fingerprint density at radius 1 is 1.14 bits per heavy atom. The Hall–Kier alpha value is -3.02. The van der Waals surface area contributed by atoms with Crippen LogP contribution in [0.25, 0.3) is 0 Å². The lowest BCUT2D eigenvalue weighted by Crippen LogP contribution is -2.32. The summed E-state index contributed by atoms with van der Waals surface area (Å²) in [4.78, 5) is 26.9. The first-order valence-corrected chi connectivity index (χ1v) is 9.44. The Morgan fingerprint density at radius 3 is 2.61 bits per heavy atom. The normalized spacial score (nSPS) is 16.2. The van der Waals surface area contributed by atoms with Crippen molar-refractivity contribution < 1.29 is 19.1 Å². The third-order valence-corrected chi connectivity index (χ3v) is 5.07. The number of aryl methyl sites for hydroxylation is 1. The van der Waals surface area contributed by atoms with E-state index >= 15 is 0 Å². The maximum absolute atomic E-state index is 12.6. The number of nitrogens with zero attached hydrogens (tertiary/aromatic N) is 1. The summed E-state index contributed by atoms with van der Waals surface area (Å²) in [5, 5.41) is 2.94. The average Bonchev–Trinajstić information content (AvgIpc) is 3.13. The Morgan fingerprint density at radius 2 is 1.89 bits per heavy atom. The van der Waals surface area contributed by atoms with Crippen LogP contribution in [0.5, 0.6) is 11.5 Å². The molecular formula is C22H26N2O4. The zero-order valence-electron chi connectivity index (χ0n) is 16.5. The topological polar surface area (TPSA) is 67.9 Å². The van der Waals surface area contributed by atoms with Crippen molar-refractivity contribution in [1.82, 2.24) is 5.32 Å². The van der Waals surface area contributed by atoms with Gasteiger partial charge in [-0.2, -0.15) is 0 Å². The molecule has 1 atom stereocenters. The van der Waals surface area contributed by atoms with E-state index in [4.69, 9.17) is 9.47 Å². The third kappa shape index (κ3) is 4.11. The van der Waals surface area contributed by atoms with Gasteiger partial charge >= 0.3 is 0 Å². The molecule has 0 radical (unpaired) electrons. The summed E-state index contributed by atoms with van der Waals surface area (Å²) in [7, 11) is 3.16. The maximum atomic E-state index is 12.6. The number of carbonyl (C=O) groups is 2. The Labute approximate surface area is 165 Å². The van der Waals surface area contributed by atoms with E-state index in [1.54, 1.807) is 19.1 Å². The largest absolute Gasteiger partial charge is 0.493 e. The smallest absolute Gasteiger partial charge is 0.227 e. The fourth-order valence-electron chi connectivity index (χ4n) is 3.51. The van der Waals surface area contributed by atoms with E-state index < -0.39 is 0 Å². The summed E-state index contributed by atoms with van der Waals surface area (Å²) >= 11 is 0. The number of nitrogens with one attached hydrogen (secondary N) is 1. The monoisotopic (exact) mass is 382 g/mol. The second-order valence-electron chi connectivity index (χ2n) is 6.79. The van der Waals surface area contributed by atoms with Crippen LogP contribution < -0.4 is 19.7 Å². The number of methoxy groups -OCH3 is 2. The maximum Gasteiger partial charge on any atom is 0.227 e. The molecule has 2 aromatic rings. The summed E-state index contributed by atoms with van der Waals surface area (Å²) in [6.07, 6.45) is 1.08. The molecule has 2 amide bonds. The number of hydrogen-bond acceptors (Lipinski definition) is 4. The quantitative estimate of drug-likeness (QED) is 0.800. The molecule has 0 aromatic heterocycles. The van der Waals surface area contributed by atoms with Gasteiger partial charge in [0.15, 0.2) is 11.5 Å². The lowest BCUT2D eigenvalue weighted by atomic mass is 10.1. The van der Waals surface area contributed by atoms with E-state index in [-0.39, 0.29) is 24.2 Å². The molecule has 1 heterocycles. The van der Waals surface area contributed by atoms with Crippen LogP contribution in [0.1, 0.15) is 24.5 Å². The fourth-order valence-corrected chi connectivity index (χ4v) is 3.51. The molecule has 2 aromatic carbocycles. The van der Waals surface area contributed by atoms with Crippen molar-refractivity contribution >= 4 is 17.5 Å². The standard InChI is InChI=1S/C22H26N2O4/c1-4-16-7-5-6-8-18(16)24-14-17(12-21(24)25)22(26)23-13-15-9-10-19(27-2)20(11-15)28-3/h5-11,17H,4,12-14H2,1-3H3,(H,23,26). The molecule has 0 saturated carbocycles. The van der Waals surface area contributed by atoms with Gasteiger partial charge in [-0.25, -0.2) is 0 Å². The summed E-state index contributed by atoms with van der Waals surface area (Å²) in [6.45, 7) is 2.84. The van der Waals surface area contributed by atoms with E-state index in [0.717, 1.165) is 23.2 Å². The number of hydrogen-bond donors (Lipinski definition) is 1. The molecule has 1 N–H and O–H groups in total. The number of benzene rings is 2. The van der Waals surface area contributed by atoms with Crippen molar-refractivity contribution in [2.75, 3.05) is 25.7 Å². The molecule has 1 aliphatic rings. The molecular weight excluding hydrogens is 356 g/mol. The van der Waals surface area contributed by atoms with Gasteiger partial charge < -0.3 is 19.7 Å². The van der Waals surface area contributed by atoms with Crippen LogP contribution in [-0.4, -0.2) is 32.6 Å². The zero-order chi connectivity index (χ0) is 20.1. The molecule has 28 heavy (non-hydrogen) atoms. The number of carbonyl (C=O) groups excluding carboxylic acids is 2. The average molecular weight is 382 g/mol. The number of anilines is 1. The minimum atomic E-state index is -0.349. The molecule has 1 aliphatic heterocycles. The summed E-state index contributed by atoms with van der Waals surface area (Å²) < 4.78 is 10.5. The van der Waals surface area contributed by atoms with E-state index in [1.807, 2.05) is 42.5 Å². The first-order chi connectivity index (χ1) is 13.6. The molecule has 0 aliphatic carbocycles. The molecule has 1 unspecified atom stereocenters. The predicted molar refractivity (Wildman–Crippen MR) is 108 cm³/mol. The van der Waals surface area contributed by atoms with Crippen LogP contribution in [-0.2, 0) is 22.6 Å². The van der Waals surface area contributed by atoms with E-state index in [1.165, 1.54) is 0 Å². The second-order valence-corrected chi connectivity index (χ2v) is 6.79. The summed E-state index contributed by atoms with van der Waals surface area (Å²) in [5.74, 6) is 0.793. The Kier molecular flexibility index (Phi) is 6.19. The number of rotatable bonds is 7. The van der Waals surface area contributed by atoms with Crippen molar-refractivity contribution in [2.45, 2.75) is 26.3 Å². The molecule has 1 fully saturated rings. The van der Waals surface area contributed by atoms with Gasteiger partial charge in [0, 0.05) is 25.2 Å². The third-order valence-electron chi connectivity index (χ3n) is 5.07. The van der Waals surface area contributed by atoms with Crippen LogP contribution in [0.3, 0.4) is 0 Å². The van der Waals surface area contributed by atoms with Crippen LogP contribution in [0.2, 0.25) is 0 Å². The van der Waals surface area contributed by atoms with Crippen LogP contribution in [0, 0.1) is 5.92 Å². The lowest BCUT2D eigenvalue weighted by molar-refractivity contribution is -0.126. The van der Waals surface area contributed by atoms with Gasteiger partial charge in [0.1, 0.15) is 0 Å². The Bertz CT molecular complexity index is 865. The fraction of sp³-hybridized carbons (Fsp3) is 0.364. The number of ether oxygens (including phenoxy) is 2. The van der Waals surface area contributed by atoms with E-state index in [0.29, 0.717) is 24.6 Å². The highest BCUT2D eigenvalue weighted by atomic mass is 16.5. The number of amides is 2. The summed E-state index contributed by atoms with van der Waals surface area (Å²) in [6, 6.07) is 13.4. The van der Waals surface area contributed by atoms with Crippen molar-refractivity contribution in [1.29, 1.82) is 0 Å². The predicted octanol–water partition coefficient (Wildman–Crippen LogP) is 2.94. The van der Waals surface area contributed by atoms with Gasteiger partial charge in [0.2, 0.25) is 11.8 Å². The van der Waals surface area contributed by atoms with Crippen LogP contribution in [0.4, 0.5) is 5.69 Å². The zero-order valence-corrected chi connectivity index (χ0v) is 16.5. The Balaban J connectivity index is 1.64. The molecule has 6 heteroatoms. The van der Waals surface area contributed by atoms with Gasteiger partial charge in [-0.15, -0.1) is 0 Å².